The normalized spacial score (nSPS) is 20.6. The van der Waals surface area contributed by atoms with Crippen molar-refractivity contribution in [2.24, 2.45) is 0 Å². The van der Waals surface area contributed by atoms with Crippen molar-refractivity contribution in [3.63, 3.8) is 0 Å². The Balaban J connectivity index is 1.17. The Morgan fingerprint density at radius 1 is 0.338 bits per heavy atom. The van der Waals surface area contributed by atoms with Crippen LogP contribution in [0.1, 0.15) is 33.4 Å². The van der Waals surface area contributed by atoms with Crippen molar-refractivity contribution in [3.8, 4) is 0 Å². The number of nitrogens with one attached hydrogen (secondary N) is 6. The van der Waals surface area contributed by atoms with Gasteiger partial charge < -0.3 is 41.0 Å². The Bertz CT molecular complexity index is 3020. The highest BCUT2D eigenvalue weighted by atomic mass is 16.2. The Labute approximate surface area is 429 Å². The number of rotatable bonds is 12. The molecule has 376 valence electrons. The predicted molar refractivity (Wildman–Crippen MR) is 285 cm³/mol. The molecule has 1 aliphatic rings. The number of amides is 6. The number of hydrogen-bond acceptors (Lipinski definition) is 6. The van der Waals surface area contributed by atoms with E-state index in [1.807, 2.05) is 170 Å². The zero-order valence-electron chi connectivity index (χ0n) is 41.4. The van der Waals surface area contributed by atoms with Gasteiger partial charge in [0.15, 0.2) is 0 Å². The van der Waals surface area contributed by atoms with E-state index in [9.17, 15) is 0 Å². The Morgan fingerprint density at radius 3 is 0.986 bits per heavy atom. The van der Waals surface area contributed by atoms with Crippen molar-refractivity contribution >= 4 is 57.2 Å². The number of nitrogens with zero attached hydrogens (tertiary/aromatic N) is 2. The molecule has 6 N–H and O–H groups in total. The smallest absolute Gasteiger partial charge is 0.245 e. The number of hydrogen-bond donors (Lipinski definition) is 6. The first kappa shape index (κ1) is 50.2. The van der Waals surface area contributed by atoms with E-state index in [1.54, 1.807) is 12.4 Å². The van der Waals surface area contributed by atoms with Crippen LogP contribution in [0.4, 0.5) is 0 Å². The molecule has 1 fully saturated rings. The summed E-state index contributed by atoms with van der Waals surface area (Å²) >= 11 is 0. The lowest BCUT2D eigenvalue weighted by molar-refractivity contribution is -0.144. The van der Waals surface area contributed by atoms with Gasteiger partial charge in [0.05, 0.1) is 0 Å². The molecular formula is C60H60N8O6. The number of benzene rings is 6. The van der Waals surface area contributed by atoms with Gasteiger partial charge in [-0.2, -0.15) is 0 Å². The van der Waals surface area contributed by atoms with Crippen LogP contribution in [0.25, 0.3) is 21.8 Å². The van der Waals surface area contributed by atoms with Crippen molar-refractivity contribution in [2.45, 2.75) is 74.8 Å². The average Bonchev–Trinajstić information content (AvgIpc) is 4.04. The van der Waals surface area contributed by atoms with Gasteiger partial charge in [0.25, 0.3) is 0 Å². The number of likely N-dealkylation sites (N-methyl/N-ethyl adjacent to an activating group) is 2. The minimum absolute atomic E-state index is 0.0231. The molecule has 6 aromatic carbocycles. The Hall–Kier alpha value is -8.78. The number of aromatic nitrogens is 2. The molecule has 0 spiro atoms. The van der Waals surface area contributed by atoms with E-state index < -0.39 is 71.7 Å². The summed E-state index contributed by atoms with van der Waals surface area (Å²) in [6, 6.07) is 44.9. The molecule has 9 rings (SSSR count). The van der Waals surface area contributed by atoms with Crippen LogP contribution >= 0.6 is 0 Å². The molecule has 0 radical (unpaired) electrons. The van der Waals surface area contributed by atoms with E-state index >= 15 is 28.8 Å². The fourth-order valence-corrected chi connectivity index (χ4v) is 9.92. The quantitative estimate of drug-likeness (QED) is 0.0870. The first-order valence-corrected chi connectivity index (χ1v) is 25.0. The fourth-order valence-electron chi connectivity index (χ4n) is 9.92. The molecule has 8 aromatic rings. The highest BCUT2D eigenvalue weighted by Crippen LogP contribution is 2.24. The molecular weight excluding hydrogens is 929 g/mol. The van der Waals surface area contributed by atoms with E-state index in [0.717, 1.165) is 55.2 Å². The van der Waals surface area contributed by atoms with Crippen LogP contribution in [0, 0.1) is 0 Å². The summed E-state index contributed by atoms with van der Waals surface area (Å²) in [4.78, 5) is 101. The molecule has 0 unspecified atom stereocenters. The highest BCUT2D eigenvalue weighted by Gasteiger charge is 2.39. The third-order valence-corrected chi connectivity index (χ3v) is 14.0. The summed E-state index contributed by atoms with van der Waals surface area (Å²) in [5, 5.41) is 13.8. The lowest BCUT2D eigenvalue weighted by Crippen LogP contribution is -2.63. The van der Waals surface area contributed by atoms with Crippen molar-refractivity contribution in [1.82, 2.24) is 41.0 Å². The number of para-hydroxylation sites is 2. The van der Waals surface area contributed by atoms with Crippen molar-refractivity contribution in [1.29, 1.82) is 0 Å². The second kappa shape index (κ2) is 23.2. The maximum atomic E-state index is 15.4. The van der Waals surface area contributed by atoms with Gasteiger partial charge in [-0.15, -0.1) is 0 Å². The molecule has 14 heteroatoms. The van der Waals surface area contributed by atoms with Crippen LogP contribution in [0.15, 0.2) is 182 Å². The first-order chi connectivity index (χ1) is 36.0. The summed E-state index contributed by atoms with van der Waals surface area (Å²) < 4.78 is 0. The van der Waals surface area contributed by atoms with Crippen molar-refractivity contribution in [2.75, 3.05) is 14.1 Å². The molecule has 1 saturated heterocycles. The highest BCUT2D eigenvalue weighted by molar-refractivity contribution is 5.99. The summed E-state index contributed by atoms with van der Waals surface area (Å²) in [5.41, 5.74) is 6.13. The molecule has 3 heterocycles. The lowest BCUT2D eigenvalue weighted by Gasteiger charge is -2.35. The molecule has 6 amide bonds. The van der Waals surface area contributed by atoms with Gasteiger partial charge in [-0.05, 0) is 45.5 Å². The Morgan fingerprint density at radius 2 is 0.635 bits per heavy atom. The molecule has 6 atom stereocenters. The van der Waals surface area contributed by atoms with Crippen LogP contribution in [-0.2, 0) is 67.3 Å². The van der Waals surface area contributed by atoms with E-state index in [1.165, 1.54) is 23.9 Å². The third-order valence-electron chi connectivity index (χ3n) is 14.0. The maximum Gasteiger partial charge on any atom is 0.245 e. The third kappa shape index (κ3) is 11.9. The number of H-pyrrole nitrogens is 2. The van der Waals surface area contributed by atoms with Crippen LogP contribution in [0.5, 0.6) is 0 Å². The second-order valence-electron chi connectivity index (χ2n) is 19.1. The average molecular weight is 989 g/mol. The molecule has 2 aromatic heterocycles. The summed E-state index contributed by atoms with van der Waals surface area (Å²) in [6.45, 7) is 0. The summed E-state index contributed by atoms with van der Waals surface area (Å²) in [5.74, 6) is -3.65. The van der Waals surface area contributed by atoms with Gasteiger partial charge in [-0.25, -0.2) is 0 Å². The minimum Gasteiger partial charge on any atom is -0.361 e. The topological polar surface area (TPSA) is 189 Å². The molecule has 14 nitrogen and oxygen atoms in total. The van der Waals surface area contributed by atoms with Gasteiger partial charge >= 0.3 is 0 Å². The van der Waals surface area contributed by atoms with Crippen LogP contribution in [-0.4, -0.2) is 106 Å². The largest absolute Gasteiger partial charge is 0.361 e. The molecule has 0 saturated carbocycles. The number of carbonyl (C=O) groups is 6. The van der Waals surface area contributed by atoms with Crippen LogP contribution in [0.3, 0.4) is 0 Å². The van der Waals surface area contributed by atoms with Gasteiger partial charge in [-0.3, -0.25) is 28.8 Å². The van der Waals surface area contributed by atoms with Crippen molar-refractivity contribution in [3.05, 3.63) is 216 Å². The van der Waals surface area contributed by atoms with E-state index in [0.29, 0.717) is 0 Å². The summed E-state index contributed by atoms with van der Waals surface area (Å²) in [7, 11) is 3.05. The Kier molecular flexibility index (Phi) is 15.7. The minimum atomic E-state index is -1.25. The van der Waals surface area contributed by atoms with E-state index in [4.69, 9.17) is 0 Å². The molecule has 1 aliphatic heterocycles. The maximum absolute atomic E-state index is 15.4. The van der Waals surface area contributed by atoms with E-state index in [2.05, 4.69) is 31.2 Å². The molecule has 0 bridgehead atoms. The van der Waals surface area contributed by atoms with Gasteiger partial charge in [-0.1, -0.05) is 158 Å². The second-order valence-corrected chi connectivity index (χ2v) is 19.1. The molecule has 0 aliphatic carbocycles. The van der Waals surface area contributed by atoms with Crippen LogP contribution < -0.4 is 21.3 Å². The van der Waals surface area contributed by atoms with Gasteiger partial charge in [0, 0.05) is 86.8 Å². The van der Waals surface area contributed by atoms with Crippen molar-refractivity contribution < 1.29 is 28.8 Å². The number of fused-ring (bicyclic) bond motifs is 2. The predicted octanol–water partition coefficient (Wildman–Crippen LogP) is 6.01. The first-order valence-electron chi connectivity index (χ1n) is 25.0. The van der Waals surface area contributed by atoms with Gasteiger partial charge in [0.2, 0.25) is 35.4 Å². The number of aromatic amines is 2. The standard InChI is InChI=1S/C60H60N8O6/c1-67-53(33-41-23-11-5-12-24-41)57(71)63-49(31-39-19-7-3-8-20-39)56(70)66-52(36-44-38-62-48-30-18-16-28-46(44)48)60(74)68(2)54(34-42-25-13-6-14-26-42)58(72)64-50(32-40-21-9-4-10-22-40)55(69)65-51(59(67)73)35-43-37-61-47-29-17-15-27-45(43)47/h3-30,37-38,49-54,61-62H,31-36H2,1-2H3,(H,63,71)(H,64,72)(H,65,69)(H,66,70)/t49-,50-,51-,52-,53+,54+/m0/s1. The SMILES string of the molecule is CN1C(=O)[C@H](Cc2c[nH]c3ccccc23)NC(=O)[C@H](Cc2ccccc2)NC(=O)[C@@H](Cc2ccccc2)N(C)C(=O)[C@H](Cc2c[nH]c3ccccc23)NC(=O)[C@H](Cc2ccccc2)NC(=O)[C@H]1Cc1ccccc1. The van der Waals surface area contributed by atoms with Gasteiger partial charge in [0.1, 0.15) is 36.3 Å². The summed E-state index contributed by atoms with van der Waals surface area (Å²) in [6.07, 6.45) is 3.84. The molecule has 74 heavy (non-hydrogen) atoms. The fraction of sp³-hybridized carbons (Fsp3) is 0.233. The lowest BCUT2D eigenvalue weighted by atomic mass is 9.97. The van der Waals surface area contributed by atoms with E-state index in [-0.39, 0.29) is 38.5 Å². The monoisotopic (exact) mass is 988 g/mol. The van der Waals surface area contributed by atoms with Crippen LogP contribution in [0.2, 0.25) is 0 Å². The zero-order chi connectivity index (χ0) is 51.6. The zero-order valence-corrected chi connectivity index (χ0v) is 41.4. The number of carbonyl (C=O) groups excluding carboxylic acids is 6.